The molecule has 98 valence electrons. The molecule has 19 heavy (non-hydrogen) atoms. The van der Waals surface area contributed by atoms with Gasteiger partial charge in [0.1, 0.15) is 6.04 Å². The number of anilines is 1. The van der Waals surface area contributed by atoms with Crippen LogP contribution in [0.15, 0.2) is 18.3 Å². The van der Waals surface area contributed by atoms with Gasteiger partial charge in [0.05, 0.1) is 6.42 Å². The molecule has 7 heteroatoms. The Morgan fingerprint density at radius 3 is 2.84 bits per heavy atom. The molecule has 0 saturated carbocycles. The summed E-state index contributed by atoms with van der Waals surface area (Å²) in [6.07, 6.45) is 1.99. The molecule has 2 amide bonds. The first-order valence-corrected chi connectivity index (χ1v) is 5.94. The van der Waals surface area contributed by atoms with Crippen LogP contribution in [0.4, 0.5) is 5.95 Å². The average molecular weight is 259 g/mol. The number of carbonyl (C=O) groups excluding carboxylic acids is 2. The van der Waals surface area contributed by atoms with Crippen LogP contribution >= 0.6 is 0 Å². The number of rotatable bonds is 2. The Morgan fingerprint density at radius 2 is 2.16 bits per heavy atom. The van der Waals surface area contributed by atoms with E-state index in [1.807, 2.05) is 25.3 Å². The number of imide groups is 1. The van der Waals surface area contributed by atoms with Crippen molar-refractivity contribution in [1.82, 2.24) is 19.5 Å². The molecule has 1 unspecified atom stereocenters. The molecule has 1 aliphatic rings. The molecule has 0 bridgehead atoms. The van der Waals surface area contributed by atoms with Crippen molar-refractivity contribution in [2.75, 3.05) is 12.4 Å². The minimum absolute atomic E-state index is 0.143. The summed E-state index contributed by atoms with van der Waals surface area (Å²) in [4.78, 5) is 28.6. The summed E-state index contributed by atoms with van der Waals surface area (Å²) < 4.78 is 1.64. The third-order valence-corrected chi connectivity index (χ3v) is 3.16. The Balaban J connectivity index is 1.86. The Labute approximate surface area is 109 Å². The van der Waals surface area contributed by atoms with E-state index in [2.05, 4.69) is 15.4 Å². The number of carbonyl (C=O) groups is 2. The number of pyridine rings is 1. The van der Waals surface area contributed by atoms with E-state index in [-0.39, 0.29) is 18.2 Å². The Morgan fingerprint density at radius 1 is 1.37 bits per heavy atom. The predicted molar refractivity (Wildman–Crippen MR) is 67.5 cm³/mol. The van der Waals surface area contributed by atoms with E-state index in [1.165, 1.54) is 7.05 Å². The van der Waals surface area contributed by atoms with Crippen LogP contribution in [0.2, 0.25) is 0 Å². The van der Waals surface area contributed by atoms with Crippen molar-refractivity contribution in [1.29, 1.82) is 0 Å². The zero-order chi connectivity index (χ0) is 13.6. The van der Waals surface area contributed by atoms with Gasteiger partial charge in [-0.25, -0.2) is 4.52 Å². The largest absolute Gasteiger partial charge is 0.341 e. The number of likely N-dealkylation sites (N-methyl/N-ethyl adjacent to an activating group) is 1. The summed E-state index contributed by atoms with van der Waals surface area (Å²) in [5.74, 6) is -0.0887. The van der Waals surface area contributed by atoms with Crippen molar-refractivity contribution in [2.45, 2.75) is 19.4 Å². The average Bonchev–Trinajstić information content (AvgIpc) is 2.86. The number of hydrogen-bond acceptors (Lipinski definition) is 5. The van der Waals surface area contributed by atoms with Gasteiger partial charge in [-0.3, -0.25) is 14.5 Å². The molecular weight excluding hydrogens is 246 g/mol. The maximum atomic E-state index is 11.8. The maximum absolute atomic E-state index is 11.8. The summed E-state index contributed by atoms with van der Waals surface area (Å²) in [5, 5.41) is 7.14. The summed E-state index contributed by atoms with van der Waals surface area (Å²) >= 11 is 0. The third-order valence-electron chi connectivity index (χ3n) is 3.16. The van der Waals surface area contributed by atoms with Crippen LogP contribution in [0.25, 0.3) is 5.65 Å². The number of likely N-dealkylation sites (tertiary alicyclic amines) is 1. The summed E-state index contributed by atoms with van der Waals surface area (Å²) in [6.45, 7) is 1.96. The lowest BCUT2D eigenvalue weighted by Crippen LogP contribution is -2.32. The van der Waals surface area contributed by atoms with E-state index in [9.17, 15) is 9.59 Å². The van der Waals surface area contributed by atoms with Crippen LogP contribution in [0.3, 0.4) is 0 Å². The second-order valence-corrected chi connectivity index (χ2v) is 4.64. The maximum Gasteiger partial charge on any atom is 0.252 e. The van der Waals surface area contributed by atoms with Crippen LogP contribution in [0.5, 0.6) is 0 Å². The van der Waals surface area contributed by atoms with Crippen LogP contribution in [0, 0.1) is 6.92 Å². The van der Waals surface area contributed by atoms with Crippen molar-refractivity contribution in [2.24, 2.45) is 0 Å². The van der Waals surface area contributed by atoms with Gasteiger partial charge in [-0.05, 0) is 18.6 Å². The fraction of sp³-hybridized carbons (Fsp3) is 0.333. The summed E-state index contributed by atoms with van der Waals surface area (Å²) in [6, 6.07) is 3.21. The minimum atomic E-state index is -0.573. The summed E-state index contributed by atoms with van der Waals surface area (Å²) in [7, 11) is 1.48. The van der Waals surface area contributed by atoms with Crippen molar-refractivity contribution in [3.05, 3.63) is 23.9 Å². The first kappa shape index (κ1) is 11.6. The van der Waals surface area contributed by atoms with Crippen LogP contribution < -0.4 is 5.32 Å². The Kier molecular flexibility index (Phi) is 2.48. The highest BCUT2D eigenvalue weighted by Gasteiger charge is 2.36. The molecule has 1 aliphatic heterocycles. The van der Waals surface area contributed by atoms with Gasteiger partial charge in [0.25, 0.3) is 5.91 Å². The zero-order valence-electron chi connectivity index (χ0n) is 10.6. The van der Waals surface area contributed by atoms with E-state index >= 15 is 0 Å². The lowest BCUT2D eigenvalue weighted by Gasteiger charge is -2.08. The standard InChI is InChI=1S/C12H13N5O2/c1-7-3-4-9-14-12(15-17(9)6-7)13-8-5-10(18)16(2)11(8)19/h3-4,6,8H,5H2,1-2H3,(H,13,15). The first-order valence-electron chi connectivity index (χ1n) is 5.94. The highest BCUT2D eigenvalue weighted by atomic mass is 16.2. The van der Waals surface area contributed by atoms with Gasteiger partial charge < -0.3 is 5.32 Å². The van der Waals surface area contributed by atoms with Gasteiger partial charge in [0, 0.05) is 13.2 Å². The number of amides is 2. The van der Waals surface area contributed by atoms with Crippen molar-refractivity contribution in [3.8, 4) is 0 Å². The fourth-order valence-corrected chi connectivity index (χ4v) is 2.07. The number of aryl methyl sites for hydroxylation is 1. The quantitative estimate of drug-likeness (QED) is 0.780. The molecule has 2 aromatic rings. The van der Waals surface area contributed by atoms with Gasteiger partial charge in [0.15, 0.2) is 5.65 Å². The molecule has 0 spiro atoms. The molecule has 1 saturated heterocycles. The molecule has 0 aliphatic carbocycles. The third kappa shape index (κ3) is 1.92. The number of hydrogen-bond donors (Lipinski definition) is 1. The smallest absolute Gasteiger partial charge is 0.252 e. The van der Waals surface area contributed by atoms with Crippen LogP contribution in [-0.4, -0.2) is 44.4 Å². The molecule has 1 atom stereocenters. The number of aromatic nitrogens is 3. The predicted octanol–water partition coefficient (Wildman–Crippen LogP) is 0.207. The first-order chi connectivity index (χ1) is 9.04. The molecule has 2 aromatic heterocycles. The molecule has 3 rings (SSSR count). The van der Waals surface area contributed by atoms with E-state index in [4.69, 9.17) is 0 Å². The monoisotopic (exact) mass is 259 g/mol. The van der Waals surface area contributed by atoms with Crippen molar-refractivity contribution in [3.63, 3.8) is 0 Å². The molecule has 0 aromatic carbocycles. The lowest BCUT2D eigenvalue weighted by atomic mass is 10.2. The van der Waals surface area contributed by atoms with E-state index in [1.54, 1.807) is 4.52 Å². The number of nitrogens with one attached hydrogen (secondary N) is 1. The highest BCUT2D eigenvalue weighted by Crippen LogP contribution is 2.15. The number of fused-ring (bicyclic) bond motifs is 1. The van der Waals surface area contributed by atoms with Gasteiger partial charge in [0.2, 0.25) is 11.9 Å². The SMILES string of the molecule is Cc1ccc2nc(NC3CC(=O)N(C)C3=O)nn2c1. The fourth-order valence-electron chi connectivity index (χ4n) is 2.07. The van der Waals surface area contributed by atoms with Gasteiger partial charge in [-0.15, -0.1) is 5.10 Å². The van der Waals surface area contributed by atoms with Crippen molar-refractivity contribution >= 4 is 23.4 Å². The van der Waals surface area contributed by atoms with E-state index in [0.29, 0.717) is 11.6 Å². The second-order valence-electron chi connectivity index (χ2n) is 4.64. The molecule has 1 fully saturated rings. The zero-order valence-corrected chi connectivity index (χ0v) is 10.6. The second kappa shape index (κ2) is 4.04. The topological polar surface area (TPSA) is 79.6 Å². The minimum Gasteiger partial charge on any atom is -0.341 e. The Hall–Kier alpha value is -2.44. The lowest BCUT2D eigenvalue weighted by molar-refractivity contribution is -0.136. The van der Waals surface area contributed by atoms with E-state index in [0.717, 1.165) is 10.5 Å². The van der Waals surface area contributed by atoms with Gasteiger partial charge in [-0.2, -0.15) is 4.98 Å². The van der Waals surface area contributed by atoms with Gasteiger partial charge in [-0.1, -0.05) is 6.07 Å². The van der Waals surface area contributed by atoms with E-state index < -0.39 is 6.04 Å². The number of nitrogens with zero attached hydrogens (tertiary/aromatic N) is 4. The molecular formula is C12H13N5O2. The normalized spacial score (nSPS) is 19.5. The molecule has 7 nitrogen and oxygen atoms in total. The molecule has 0 radical (unpaired) electrons. The Bertz CT molecular complexity index is 678. The summed E-state index contributed by atoms with van der Waals surface area (Å²) in [5.41, 5.74) is 1.76. The van der Waals surface area contributed by atoms with Crippen molar-refractivity contribution < 1.29 is 9.59 Å². The molecule has 1 N–H and O–H groups in total. The molecule has 3 heterocycles. The highest BCUT2D eigenvalue weighted by molar-refractivity contribution is 6.06. The van der Waals surface area contributed by atoms with Gasteiger partial charge >= 0.3 is 0 Å². The van der Waals surface area contributed by atoms with Crippen LogP contribution in [-0.2, 0) is 9.59 Å². The van der Waals surface area contributed by atoms with Crippen LogP contribution in [0.1, 0.15) is 12.0 Å².